The lowest BCUT2D eigenvalue weighted by Gasteiger charge is -2.07. The van der Waals surface area contributed by atoms with Crippen molar-refractivity contribution in [3.8, 4) is 0 Å². The number of carbonyl (C=O) groups excluding carboxylic acids is 1. The molecule has 0 amide bonds. The van der Waals surface area contributed by atoms with Gasteiger partial charge in [-0.2, -0.15) is 0 Å². The van der Waals surface area contributed by atoms with Gasteiger partial charge in [-0.1, -0.05) is 31.2 Å². The van der Waals surface area contributed by atoms with Gasteiger partial charge in [-0.05, 0) is 30.5 Å². The lowest BCUT2D eigenvalue weighted by atomic mass is 10.1. The Morgan fingerprint density at radius 3 is 2.62 bits per heavy atom. The van der Waals surface area contributed by atoms with E-state index in [0.29, 0.717) is 17.8 Å². The van der Waals surface area contributed by atoms with E-state index in [9.17, 15) is 4.79 Å². The molecule has 0 spiro atoms. The molecule has 0 unspecified atom stereocenters. The lowest BCUT2D eigenvalue weighted by molar-refractivity contribution is 0.303. The van der Waals surface area contributed by atoms with Gasteiger partial charge in [0.1, 0.15) is 11.7 Å². The van der Waals surface area contributed by atoms with Gasteiger partial charge in [0.05, 0.1) is 12.7 Å². The third-order valence-electron chi connectivity index (χ3n) is 2.47. The first-order valence-electron chi connectivity index (χ1n) is 5.28. The molecular formula is C14H16O2. The van der Waals surface area contributed by atoms with Crippen LogP contribution in [0.3, 0.4) is 0 Å². The molecule has 0 aliphatic carbocycles. The highest BCUT2D eigenvalue weighted by atomic mass is 16.5. The molecule has 0 radical (unpaired) electrons. The van der Waals surface area contributed by atoms with Gasteiger partial charge in [0, 0.05) is 0 Å². The van der Waals surface area contributed by atoms with Crippen LogP contribution in [-0.2, 0) is 9.53 Å². The van der Waals surface area contributed by atoms with E-state index in [1.165, 1.54) is 0 Å². The second-order valence-electron chi connectivity index (χ2n) is 3.50. The minimum atomic E-state index is 0.561. The minimum absolute atomic E-state index is 0.561. The second-order valence-corrected chi connectivity index (χ2v) is 3.50. The lowest BCUT2D eigenvalue weighted by Crippen LogP contribution is -1.93. The van der Waals surface area contributed by atoms with E-state index in [-0.39, 0.29) is 0 Å². The van der Waals surface area contributed by atoms with Crippen molar-refractivity contribution in [3.63, 3.8) is 0 Å². The van der Waals surface area contributed by atoms with E-state index in [0.717, 1.165) is 11.1 Å². The smallest absolute Gasteiger partial charge is 0.133 e. The van der Waals surface area contributed by atoms with Crippen molar-refractivity contribution >= 4 is 12.0 Å². The summed E-state index contributed by atoms with van der Waals surface area (Å²) in [4.78, 5) is 10.7. The van der Waals surface area contributed by atoms with Crippen molar-refractivity contribution in [2.75, 3.05) is 7.11 Å². The highest BCUT2D eigenvalue weighted by Gasteiger charge is 2.05. The molecule has 2 heteroatoms. The molecule has 1 aromatic carbocycles. The summed E-state index contributed by atoms with van der Waals surface area (Å²) in [5.41, 5.74) is 2.77. The van der Waals surface area contributed by atoms with Crippen LogP contribution in [-0.4, -0.2) is 13.1 Å². The molecule has 0 aliphatic rings. The molecule has 0 aliphatic heterocycles. The van der Waals surface area contributed by atoms with Crippen molar-refractivity contribution in [3.05, 3.63) is 46.7 Å². The predicted octanol–water partition coefficient (Wildman–Crippen LogP) is 3.15. The normalized spacial score (nSPS) is 10.8. The van der Waals surface area contributed by atoms with Crippen LogP contribution in [0.1, 0.15) is 24.5 Å². The zero-order valence-corrected chi connectivity index (χ0v) is 9.91. The van der Waals surface area contributed by atoms with Crippen molar-refractivity contribution in [2.45, 2.75) is 20.3 Å². The van der Waals surface area contributed by atoms with Gasteiger partial charge in [0.15, 0.2) is 0 Å². The van der Waals surface area contributed by atoms with Gasteiger partial charge in [-0.25, -0.2) is 4.79 Å². The largest absolute Gasteiger partial charge is 0.496 e. The fraction of sp³-hybridized carbons (Fsp3) is 0.286. The first-order chi connectivity index (χ1) is 7.72. The molecule has 0 saturated heterocycles. The Balaban J connectivity index is 3.15. The molecule has 0 bridgehead atoms. The van der Waals surface area contributed by atoms with E-state index in [4.69, 9.17) is 4.74 Å². The molecule has 16 heavy (non-hydrogen) atoms. The van der Waals surface area contributed by atoms with E-state index < -0.39 is 0 Å². The summed E-state index contributed by atoms with van der Waals surface area (Å²) in [5, 5.41) is 0. The zero-order valence-electron chi connectivity index (χ0n) is 9.91. The molecule has 0 N–H and O–H groups in total. The predicted molar refractivity (Wildman–Crippen MR) is 65.7 cm³/mol. The Kier molecular flexibility index (Phi) is 4.56. The summed E-state index contributed by atoms with van der Waals surface area (Å²) in [6.45, 7) is 3.93. The van der Waals surface area contributed by atoms with E-state index >= 15 is 0 Å². The van der Waals surface area contributed by atoms with Crippen molar-refractivity contribution in [2.24, 2.45) is 0 Å². The zero-order chi connectivity index (χ0) is 12.0. The van der Waals surface area contributed by atoms with Crippen molar-refractivity contribution < 1.29 is 9.53 Å². The monoisotopic (exact) mass is 216 g/mol. The highest BCUT2D eigenvalue weighted by molar-refractivity contribution is 5.67. The molecule has 84 valence electrons. The van der Waals surface area contributed by atoms with E-state index in [1.54, 1.807) is 7.11 Å². The van der Waals surface area contributed by atoms with E-state index in [2.05, 4.69) is 0 Å². The molecule has 1 rings (SSSR count). The second kappa shape index (κ2) is 5.94. The Morgan fingerprint density at radius 1 is 1.44 bits per heavy atom. The number of rotatable bonds is 4. The maximum absolute atomic E-state index is 10.7. The molecule has 0 saturated carbocycles. The average molecular weight is 216 g/mol. The van der Waals surface area contributed by atoms with Crippen LogP contribution < -0.4 is 0 Å². The Morgan fingerprint density at radius 2 is 2.12 bits per heavy atom. The van der Waals surface area contributed by atoms with Crippen LogP contribution in [0.2, 0.25) is 0 Å². The van der Waals surface area contributed by atoms with E-state index in [1.807, 2.05) is 50.1 Å². The van der Waals surface area contributed by atoms with Gasteiger partial charge in [0.25, 0.3) is 0 Å². The van der Waals surface area contributed by atoms with Gasteiger partial charge in [-0.15, -0.1) is 0 Å². The number of ether oxygens (including phenoxy) is 1. The average Bonchev–Trinajstić information content (AvgIpc) is 2.31. The third-order valence-corrected chi connectivity index (χ3v) is 2.47. The Labute approximate surface area is 96.2 Å². The summed E-state index contributed by atoms with van der Waals surface area (Å²) >= 11 is 0. The molecule has 0 aromatic heterocycles. The van der Waals surface area contributed by atoms with Gasteiger partial charge in [0.2, 0.25) is 0 Å². The highest BCUT2D eigenvalue weighted by Crippen LogP contribution is 2.18. The number of allylic oxidation sites excluding steroid dienone is 1. The first kappa shape index (κ1) is 12.3. The van der Waals surface area contributed by atoms with Crippen LogP contribution in [0.5, 0.6) is 0 Å². The quantitative estimate of drug-likeness (QED) is 0.439. The van der Waals surface area contributed by atoms with Crippen LogP contribution in [0.15, 0.2) is 35.6 Å². The Bertz CT molecular complexity index is 438. The summed E-state index contributed by atoms with van der Waals surface area (Å²) < 4.78 is 5.21. The SMILES string of the molecule is CCC(=C=O)/C(=C\c1ccccc1C)OC. The standard InChI is InChI=1S/C14H16O2/c1-4-12(10-15)14(16-3)9-13-8-6-5-7-11(13)2/h5-9H,4H2,1-3H3/b14-9+. The van der Waals surface area contributed by atoms with Crippen LogP contribution >= 0.6 is 0 Å². The van der Waals surface area contributed by atoms with Crippen LogP contribution in [0.25, 0.3) is 6.08 Å². The summed E-state index contributed by atoms with van der Waals surface area (Å²) in [6, 6.07) is 7.96. The van der Waals surface area contributed by atoms with Gasteiger partial charge >= 0.3 is 0 Å². The van der Waals surface area contributed by atoms with Crippen molar-refractivity contribution in [1.82, 2.24) is 0 Å². The van der Waals surface area contributed by atoms with Gasteiger partial charge < -0.3 is 4.74 Å². The minimum Gasteiger partial charge on any atom is -0.496 e. The van der Waals surface area contributed by atoms with Crippen LogP contribution in [0.4, 0.5) is 0 Å². The topological polar surface area (TPSA) is 26.3 Å². The molecule has 0 fully saturated rings. The van der Waals surface area contributed by atoms with Crippen molar-refractivity contribution in [1.29, 1.82) is 0 Å². The summed E-state index contributed by atoms with van der Waals surface area (Å²) in [5.74, 6) is 2.51. The fourth-order valence-corrected chi connectivity index (χ4v) is 1.46. The van der Waals surface area contributed by atoms with Crippen LogP contribution in [0, 0.1) is 6.92 Å². The number of hydrogen-bond acceptors (Lipinski definition) is 2. The molecule has 2 nitrogen and oxygen atoms in total. The maximum atomic E-state index is 10.7. The van der Waals surface area contributed by atoms with Gasteiger partial charge in [-0.3, -0.25) is 0 Å². The number of aryl methyl sites for hydroxylation is 1. The summed E-state index contributed by atoms with van der Waals surface area (Å²) in [6.07, 6.45) is 2.49. The maximum Gasteiger partial charge on any atom is 0.133 e. The molecule has 0 heterocycles. The molecule has 0 atom stereocenters. The molecule has 1 aromatic rings. The number of hydrogen-bond donors (Lipinski definition) is 0. The first-order valence-corrected chi connectivity index (χ1v) is 5.28. The fourth-order valence-electron chi connectivity index (χ4n) is 1.46. The number of methoxy groups -OCH3 is 1. The summed E-state index contributed by atoms with van der Waals surface area (Å²) in [7, 11) is 1.57. The molecular weight excluding hydrogens is 200 g/mol. The Hall–Kier alpha value is -1.79. The third kappa shape index (κ3) is 2.85. The number of benzene rings is 1.